The van der Waals surface area contributed by atoms with E-state index in [1.165, 1.54) is 44.5 Å². The number of fused-ring (bicyclic) bond motifs is 16. The molecule has 0 amide bonds. The van der Waals surface area contributed by atoms with Gasteiger partial charge in [-0.2, -0.15) is 0 Å². The zero-order valence-electron chi connectivity index (χ0n) is 34.6. The first-order valence-corrected chi connectivity index (χ1v) is 22.0. The number of hydrogen-bond donors (Lipinski definition) is 0. The number of furan rings is 2. The lowest BCUT2D eigenvalue weighted by atomic mass is 9.70. The lowest BCUT2D eigenvalue weighted by Crippen LogP contribution is -2.26. The summed E-state index contributed by atoms with van der Waals surface area (Å²) in [4.78, 5) is 2.47. The first kappa shape index (κ1) is 35.2. The molecule has 3 nitrogen and oxygen atoms in total. The van der Waals surface area contributed by atoms with Gasteiger partial charge >= 0.3 is 0 Å². The Balaban J connectivity index is 0.982. The van der Waals surface area contributed by atoms with Gasteiger partial charge in [0.2, 0.25) is 0 Å². The summed E-state index contributed by atoms with van der Waals surface area (Å²) >= 11 is 0. The quantitative estimate of drug-likeness (QED) is 0.173. The summed E-state index contributed by atoms with van der Waals surface area (Å²) in [5, 5.41) is 4.40. The first-order chi connectivity index (χ1) is 31.8. The number of rotatable bonds is 5. The molecule has 0 radical (unpaired) electrons. The van der Waals surface area contributed by atoms with Crippen molar-refractivity contribution in [3.63, 3.8) is 0 Å². The fourth-order valence-corrected chi connectivity index (χ4v) is 11.3. The molecule has 2 aromatic heterocycles. The Hall–Kier alpha value is -8.40. The molecule has 10 aromatic carbocycles. The van der Waals surface area contributed by atoms with Crippen molar-refractivity contribution in [2.24, 2.45) is 0 Å². The fourth-order valence-electron chi connectivity index (χ4n) is 11.3. The second-order valence-electron chi connectivity index (χ2n) is 17.1. The summed E-state index contributed by atoms with van der Waals surface area (Å²) < 4.78 is 13.1. The molecule has 0 saturated heterocycles. The number of benzene rings is 10. The molecule has 0 atom stereocenters. The fraction of sp³-hybridized carbons (Fsp3) is 0.0164. The van der Waals surface area contributed by atoms with Crippen LogP contribution in [0.2, 0.25) is 0 Å². The van der Waals surface area contributed by atoms with Crippen molar-refractivity contribution in [2.45, 2.75) is 5.41 Å². The van der Waals surface area contributed by atoms with Gasteiger partial charge in [-0.1, -0.05) is 176 Å². The maximum Gasteiger partial charge on any atom is 0.143 e. The third kappa shape index (κ3) is 4.76. The molecular formula is C61H37NO2. The monoisotopic (exact) mass is 815 g/mol. The molecule has 14 rings (SSSR count). The molecule has 2 aliphatic carbocycles. The summed E-state index contributed by atoms with van der Waals surface area (Å²) in [5.41, 5.74) is 21.2. The third-order valence-electron chi connectivity index (χ3n) is 13.9. The minimum absolute atomic E-state index is 0.462. The Kier molecular flexibility index (Phi) is 7.32. The molecule has 1 spiro atoms. The van der Waals surface area contributed by atoms with Crippen molar-refractivity contribution in [2.75, 3.05) is 4.90 Å². The van der Waals surface area contributed by atoms with Crippen molar-refractivity contribution in [1.29, 1.82) is 0 Å². The van der Waals surface area contributed by atoms with E-state index in [1.807, 2.05) is 12.1 Å². The second-order valence-corrected chi connectivity index (χ2v) is 17.1. The van der Waals surface area contributed by atoms with Gasteiger partial charge < -0.3 is 13.7 Å². The van der Waals surface area contributed by atoms with Crippen molar-refractivity contribution < 1.29 is 8.83 Å². The van der Waals surface area contributed by atoms with Gasteiger partial charge in [0, 0.05) is 33.0 Å². The molecule has 0 aliphatic heterocycles. The van der Waals surface area contributed by atoms with E-state index >= 15 is 0 Å². The van der Waals surface area contributed by atoms with Crippen LogP contribution >= 0.6 is 0 Å². The van der Waals surface area contributed by atoms with Crippen LogP contribution in [0.15, 0.2) is 233 Å². The average Bonchev–Trinajstić information content (AvgIpc) is 4.10. The first-order valence-electron chi connectivity index (χ1n) is 22.0. The predicted molar refractivity (Wildman–Crippen MR) is 263 cm³/mol. The standard InChI is InChI=1S/C61H37NO2/c1-2-15-39(16-3-1)42-21-12-22-45-48-37-40(33-36-56(48)64-60(42)45)38-31-34-41(35-32-38)62(54-28-14-30-57-59(54)47-20-7-11-29-55(47)63-57)53-27-13-26-52-58(53)46-19-6-10-25-51(46)61(52)49-23-8-4-17-43(49)44-18-5-9-24-50(44)61/h1-37H. The molecule has 12 aromatic rings. The predicted octanol–water partition coefficient (Wildman–Crippen LogP) is 16.6. The largest absolute Gasteiger partial charge is 0.456 e. The zero-order valence-corrected chi connectivity index (χ0v) is 34.6. The molecule has 0 saturated carbocycles. The topological polar surface area (TPSA) is 29.5 Å². The van der Waals surface area contributed by atoms with Crippen LogP contribution in [0.1, 0.15) is 22.3 Å². The summed E-state index contributed by atoms with van der Waals surface area (Å²) in [6, 6.07) is 81.4. The Bertz CT molecular complexity index is 3810. The Morgan fingerprint density at radius 1 is 0.328 bits per heavy atom. The van der Waals surface area contributed by atoms with E-state index in [-0.39, 0.29) is 0 Å². The molecule has 3 heteroatoms. The van der Waals surface area contributed by atoms with Gasteiger partial charge in [-0.3, -0.25) is 0 Å². The van der Waals surface area contributed by atoms with Gasteiger partial charge in [-0.25, -0.2) is 0 Å². The minimum Gasteiger partial charge on any atom is -0.456 e. The molecule has 64 heavy (non-hydrogen) atoms. The molecule has 0 fully saturated rings. The van der Waals surface area contributed by atoms with Crippen LogP contribution in [-0.4, -0.2) is 0 Å². The number of para-hydroxylation sites is 2. The Morgan fingerprint density at radius 2 is 0.891 bits per heavy atom. The van der Waals surface area contributed by atoms with Crippen molar-refractivity contribution in [3.8, 4) is 44.5 Å². The highest BCUT2D eigenvalue weighted by molar-refractivity contribution is 6.15. The van der Waals surface area contributed by atoms with Gasteiger partial charge in [0.05, 0.1) is 22.2 Å². The van der Waals surface area contributed by atoms with Crippen LogP contribution in [0.4, 0.5) is 17.1 Å². The van der Waals surface area contributed by atoms with E-state index in [4.69, 9.17) is 8.83 Å². The zero-order chi connectivity index (χ0) is 41.9. The molecular weight excluding hydrogens is 779 g/mol. The summed E-state index contributed by atoms with van der Waals surface area (Å²) in [6.45, 7) is 0. The normalized spacial score (nSPS) is 13.1. The highest BCUT2D eigenvalue weighted by atomic mass is 16.3. The van der Waals surface area contributed by atoms with Gasteiger partial charge in [0.25, 0.3) is 0 Å². The lowest BCUT2D eigenvalue weighted by Gasteiger charge is -2.32. The van der Waals surface area contributed by atoms with Crippen molar-refractivity contribution in [3.05, 3.63) is 247 Å². The van der Waals surface area contributed by atoms with Gasteiger partial charge in [-0.15, -0.1) is 0 Å². The molecule has 298 valence electrons. The number of nitrogens with zero attached hydrogens (tertiary/aromatic N) is 1. The van der Waals surface area contributed by atoms with E-state index < -0.39 is 5.41 Å². The van der Waals surface area contributed by atoms with Crippen molar-refractivity contribution in [1.82, 2.24) is 0 Å². The van der Waals surface area contributed by atoms with Crippen LogP contribution in [-0.2, 0) is 5.41 Å². The van der Waals surface area contributed by atoms with Crippen LogP contribution < -0.4 is 4.90 Å². The summed E-state index contributed by atoms with van der Waals surface area (Å²) in [5.74, 6) is 0. The Labute approximate surface area is 369 Å². The van der Waals surface area contributed by atoms with Crippen LogP contribution in [0.3, 0.4) is 0 Å². The van der Waals surface area contributed by atoms with E-state index in [0.29, 0.717) is 0 Å². The number of hydrogen-bond acceptors (Lipinski definition) is 3. The third-order valence-corrected chi connectivity index (χ3v) is 13.9. The van der Waals surface area contributed by atoms with Crippen molar-refractivity contribution >= 4 is 60.9 Å². The van der Waals surface area contributed by atoms with E-state index in [1.54, 1.807) is 0 Å². The van der Waals surface area contributed by atoms with E-state index in [2.05, 4.69) is 217 Å². The van der Waals surface area contributed by atoms with Gasteiger partial charge in [-0.05, 0) is 104 Å². The lowest BCUT2D eigenvalue weighted by molar-refractivity contribution is 0.669. The number of anilines is 3. The van der Waals surface area contributed by atoms with Gasteiger partial charge in [0.1, 0.15) is 22.3 Å². The highest BCUT2D eigenvalue weighted by Crippen LogP contribution is 2.65. The van der Waals surface area contributed by atoms with E-state index in [0.717, 1.165) is 83.2 Å². The minimum atomic E-state index is -0.462. The second kappa shape index (κ2) is 13.3. The average molecular weight is 816 g/mol. The summed E-state index contributed by atoms with van der Waals surface area (Å²) in [6.07, 6.45) is 0. The molecule has 2 heterocycles. The SMILES string of the molecule is c1ccc(-c2cccc3c2oc2ccc(-c4ccc(N(c5cccc6c5-c5ccccc5C65c6ccccc6-c6ccccc65)c5cccc6oc7ccccc7c56)cc4)cc23)cc1. The Morgan fingerprint density at radius 3 is 1.69 bits per heavy atom. The highest BCUT2D eigenvalue weighted by Gasteiger charge is 2.52. The maximum atomic E-state index is 6.56. The smallest absolute Gasteiger partial charge is 0.143 e. The van der Waals surface area contributed by atoms with Crippen LogP contribution in [0.25, 0.3) is 88.4 Å². The molecule has 0 bridgehead atoms. The van der Waals surface area contributed by atoms with Crippen LogP contribution in [0, 0.1) is 0 Å². The molecule has 2 aliphatic rings. The van der Waals surface area contributed by atoms with Crippen LogP contribution in [0.5, 0.6) is 0 Å². The molecule has 0 N–H and O–H groups in total. The maximum absolute atomic E-state index is 6.56. The molecule has 0 unspecified atom stereocenters. The van der Waals surface area contributed by atoms with E-state index in [9.17, 15) is 0 Å². The van der Waals surface area contributed by atoms with Gasteiger partial charge in [0.15, 0.2) is 0 Å². The summed E-state index contributed by atoms with van der Waals surface area (Å²) in [7, 11) is 0.